The number of nitrogens with one attached hydrogen (secondary N) is 1. The second kappa shape index (κ2) is 7.82. The Labute approximate surface area is 187 Å². The molecule has 0 radical (unpaired) electrons. The lowest BCUT2D eigenvalue weighted by Gasteiger charge is -2.43. The lowest BCUT2D eigenvalue weighted by molar-refractivity contribution is -0.133. The van der Waals surface area contributed by atoms with E-state index < -0.39 is 5.54 Å². The van der Waals surface area contributed by atoms with Crippen molar-refractivity contribution in [3.05, 3.63) is 71.9 Å². The third-order valence-corrected chi connectivity index (χ3v) is 6.29. The quantitative estimate of drug-likeness (QED) is 0.651. The maximum Gasteiger partial charge on any atom is 0.273 e. The predicted molar refractivity (Wildman–Crippen MR) is 120 cm³/mol. The Bertz CT molecular complexity index is 1150. The first-order valence-corrected chi connectivity index (χ1v) is 10.9. The molecule has 164 valence electrons. The molecule has 1 saturated carbocycles. The van der Waals surface area contributed by atoms with Crippen molar-refractivity contribution < 1.29 is 14.3 Å². The Morgan fingerprint density at radius 3 is 2.53 bits per heavy atom. The number of hydrogen-bond donors (Lipinski definition) is 1. The summed E-state index contributed by atoms with van der Waals surface area (Å²) in [5.41, 5.74) is 2.15. The molecule has 0 spiro atoms. The Balaban J connectivity index is 1.44. The summed E-state index contributed by atoms with van der Waals surface area (Å²) in [6, 6.07) is 19.3. The Morgan fingerprint density at radius 1 is 1.16 bits per heavy atom. The average molecular weight is 431 g/mol. The van der Waals surface area contributed by atoms with E-state index in [0.717, 1.165) is 29.7 Å². The van der Waals surface area contributed by atoms with Gasteiger partial charge >= 0.3 is 0 Å². The Morgan fingerprint density at radius 2 is 1.88 bits per heavy atom. The van der Waals surface area contributed by atoms with Gasteiger partial charge in [0.25, 0.3) is 5.91 Å². The van der Waals surface area contributed by atoms with E-state index in [-0.39, 0.29) is 17.9 Å². The van der Waals surface area contributed by atoms with Crippen LogP contribution in [0.25, 0.3) is 11.3 Å². The molecule has 1 aliphatic carbocycles. The van der Waals surface area contributed by atoms with Gasteiger partial charge < -0.3 is 15.0 Å². The molecule has 0 saturated heterocycles. The van der Waals surface area contributed by atoms with Crippen LogP contribution in [0.5, 0.6) is 5.75 Å². The average Bonchev–Trinajstić information content (AvgIpc) is 3.56. The third kappa shape index (κ3) is 3.53. The summed E-state index contributed by atoms with van der Waals surface area (Å²) in [5, 5.41) is 7.72. The van der Waals surface area contributed by atoms with Gasteiger partial charge in [-0.15, -0.1) is 0 Å². The molecule has 0 bridgehead atoms. The number of hydrogen-bond acceptors (Lipinski definition) is 4. The van der Waals surface area contributed by atoms with Crippen LogP contribution in [0.3, 0.4) is 0 Å². The van der Waals surface area contributed by atoms with Crippen LogP contribution in [0.2, 0.25) is 0 Å². The molecule has 2 heterocycles. The van der Waals surface area contributed by atoms with Crippen molar-refractivity contribution in [2.24, 2.45) is 0 Å². The maximum atomic E-state index is 13.5. The Kier molecular flexibility index (Phi) is 4.96. The smallest absolute Gasteiger partial charge is 0.273 e. The highest BCUT2D eigenvalue weighted by Gasteiger charge is 2.53. The molecule has 7 heteroatoms. The highest BCUT2D eigenvalue weighted by molar-refractivity contribution is 6.00. The van der Waals surface area contributed by atoms with Crippen LogP contribution in [0, 0.1) is 0 Å². The minimum atomic E-state index is -0.997. The Hall–Kier alpha value is -3.61. The van der Waals surface area contributed by atoms with Gasteiger partial charge in [-0.1, -0.05) is 30.3 Å². The number of carbonyl (C=O) groups is 2. The molecule has 2 amide bonds. The third-order valence-electron chi connectivity index (χ3n) is 6.29. The van der Waals surface area contributed by atoms with Gasteiger partial charge in [-0.3, -0.25) is 14.3 Å². The lowest BCUT2D eigenvalue weighted by atomic mass is 9.94. The van der Waals surface area contributed by atoms with Crippen molar-refractivity contribution in [3.8, 4) is 17.0 Å². The van der Waals surface area contributed by atoms with Crippen molar-refractivity contribution in [1.29, 1.82) is 0 Å². The number of aromatic nitrogens is 2. The number of amides is 2. The van der Waals surface area contributed by atoms with Crippen LogP contribution in [-0.4, -0.2) is 45.2 Å². The summed E-state index contributed by atoms with van der Waals surface area (Å²) in [6.07, 6.45) is 1.85. The molecule has 1 aromatic heterocycles. The highest BCUT2D eigenvalue weighted by Crippen LogP contribution is 2.39. The number of rotatable bonds is 6. The summed E-state index contributed by atoms with van der Waals surface area (Å²) < 4.78 is 6.91. The fourth-order valence-corrected chi connectivity index (χ4v) is 4.38. The van der Waals surface area contributed by atoms with E-state index in [4.69, 9.17) is 4.74 Å². The zero-order chi connectivity index (χ0) is 22.3. The van der Waals surface area contributed by atoms with E-state index in [9.17, 15) is 9.59 Å². The van der Waals surface area contributed by atoms with Crippen LogP contribution in [-0.2, 0) is 17.9 Å². The second-order valence-electron chi connectivity index (χ2n) is 8.65. The number of nitrogens with zero attached hydrogens (tertiary/aromatic N) is 3. The number of benzene rings is 2. The van der Waals surface area contributed by atoms with Crippen LogP contribution in [0.4, 0.5) is 0 Å². The molecule has 2 aromatic carbocycles. The van der Waals surface area contributed by atoms with Gasteiger partial charge in [0.15, 0.2) is 0 Å². The molecule has 7 nitrogen and oxygen atoms in total. The number of ether oxygens (including phenoxy) is 1. The van der Waals surface area contributed by atoms with E-state index in [0.29, 0.717) is 24.5 Å². The molecule has 5 rings (SSSR count). The molecule has 1 unspecified atom stereocenters. The molecular weight excluding hydrogens is 404 g/mol. The van der Waals surface area contributed by atoms with Crippen molar-refractivity contribution in [2.75, 3.05) is 7.11 Å². The summed E-state index contributed by atoms with van der Waals surface area (Å²) in [6.45, 7) is 2.59. The van der Waals surface area contributed by atoms with Crippen LogP contribution >= 0.6 is 0 Å². The van der Waals surface area contributed by atoms with E-state index in [1.165, 1.54) is 0 Å². The number of methoxy groups -OCH3 is 1. The lowest BCUT2D eigenvalue weighted by Crippen LogP contribution is -2.64. The van der Waals surface area contributed by atoms with Gasteiger partial charge in [0.2, 0.25) is 5.91 Å². The number of carbonyl (C=O) groups excluding carboxylic acids is 2. The minimum absolute atomic E-state index is 0.100. The van der Waals surface area contributed by atoms with Gasteiger partial charge in [0.05, 0.1) is 19.3 Å². The first-order chi connectivity index (χ1) is 15.5. The summed E-state index contributed by atoms with van der Waals surface area (Å²) in [5.74, 6) is 0.466. The standard InChI is InChI=1S/C25H26N4O3/c1-25(24(31)26-15-17-6-4-3-5-7-17)16-28-22(23(30)29(25)19-10-11-19)14-21(27-28)18-8-12-20(32-2)13-9-18/h3-9,12-14,19H,10-11,15-16H2,1-2H3,(H,26,31). The van der Waals surface area contributed by atoms with Crippen LogP contribution in [0.1, 0.15) is 35.8 Å². The predicted octanol–water partition coefficient (Wildman–Crippen LogP) is 3.25. The zero-order valence-electron chi connectivity index (χ0n) is 18.2. The summed E-state index contributed by atoms with van der Waals surface area (Å²) in [4.78, 5) is 28.7. The van der Waals surface area contributed by atoms with Crippen molar-refractivity contribution >= 4 is 11.8 Å². The summed E-state index contributed by atoms with van der Waals surface area (Å²) >= 11 is 0. The number of fused-ring (bicyclic) bond motifs is 1. The van der Waals surface area contributed by atoms with E-state index in [2.05, 4.69) is 10.4 Å². The van der Waals surface area contributed by atoms with Gasteiger partial charge in [-0.25, -0.2) is 0 Å². The molecule has 1 fully saturated rings. The fourth-order valence-electron chi connectivity index (χ4n) is 4.38. The van der Waals surface area contributed by atoms with E-state index in [1.807, 2.05) is 67.6 Å². The normalized spacial score (nSPS) is 20.1. The van der Waals surface area contributed by atoms with Crippen molar-refractivity contribution in [2.45, 2.75) is 44.4 Å². The monoisotopic (exact) mass is 430 g/mol. The topological polar surface area (TPSA) is 76.5 Å². The van der Waals surface area contributed by atoms with Gasteiger partial charge in [-0.2, -0.15) is 5.10 Å². The highest BCUT2D eigenvalue weighted by atomic mass is 16.5. The zero-order valence-corrected chi connectivity index (χ0v) is 18.2. The second-order valence-corrected chi connectivity index (χ2v) is 8.65. The first-order valence-electron chi connectivity index (χ1n) is 10.9. The first kappa shape index (κ1) is 20.3. The van der Waals surface area contributed by atoms with Gasteiger partial charge in [0.1, 0.15) is 17.0 Å². The van der Waals surface area contributed by atoms with Gasteiger partial charge in [0, 0.05) is 18.2 Å². The molecule has 1 N–H and O–H groups in total. The molecule has 3 aromatic rings. The minimum Gasteiger partial charge on any atom is -0.497 e. The van der Waals surface area contributed by atoms with Crippen LogP contribution < -0.4 is 10.1 Å². The van der Waals surface area contributed by atoms with E-state index >= 15 is 0 Å². The van der Waals surface area contributed by atoms with Crippen LogP contribution in [0.15, 0.2) is 60.7 Å². The summed E-state index contributed by atoms with van der Waals surface area (Å²) in [7, 11) is 1.62. The molecule has 2 aliphatic rings. The molecular formula is C25H26N4O3. The largest absolute Gasteiger partial charge is 0.497 e. The van der Waals surface area contributed by atoms with Crippen molar-refractivity contribution in [3.63, 3.8) is 0 Å². The van der Waals surface area contributed by atoms with E-state index in [1.54, 1.807) is 16.7 Å². The van der Waals surface area contributed by atoms with Crippen molar-refractivity contribution in [1.82, 2.24) is 20.0 Å². The fraction of sp³-hybridized carbons (Fsp3) is 0.320. The maximum absolute atomic E-state index is 13.5. The molecule has 1 aliphatic heterocycles. The molecule has 32 heavy (non-hydrogen) atoms. The van der Waals surface area contributed by atoms with Gasteiger partial charge in [-0.05, 0) is 55.7 Å². The SMILES string of the molecule is COc1ccc(-c2cc3n(n2)CC(C)(C(=O)NCc2ccccc2)N(C2CC2)C3=O)cc1. The molecule has 1 atom stereocenters.